The molecule has 2 fully saturated rings. The Bertz CT molecular complexity index is 887. The summed E-state index contributed by atoms with van der Waals surface area (Å²) in [6, 6.07) is 3.93. The number of hydrogen-bond acceptors (Lipinski definition) is 7. The van der Waals surface area contributed by atoms with Crippen LogP contribution < -0.4 is 14.8 Å². The first-order valence-electron chi connectivity index (χ1n) is 9.81. The number of hydrogen-bond donors (Lipinski definition) is 1. The number of urea groups is 1. The van der Waals surface area contributed by atoms with E-state index in [2.05, 4.69) is 10.1 Å². The number of benzene rings is 1. The topological polar surface area (TPSA) is 111 Å². The highest BCUT2D eigenvalue weighted by atomic mass is 16.6. The minimum absolute atomic E-state index is 0.118. The lowest BCUT2D eigenvalue weighted by Gasteiger charge is -2.31. The van der Waals surface area contributed by atoms with Crippen molar-refractivity contribution in [2.75, 3.05) is 20.3 Å². The molecule has 4 amide bonds. The number of barbiturate groups is 1. The van der Waals surface area contributed by atoms with Crippen LogP contribution in [-0.4, -0.2) is 55.1 Å². The number of carbonyl (C=O) groups excluding carboxylic acids is 4. The molecule has 0 bridgehead atoms. The Morgan fingerprint density at radius 2 is 1.90 bits per heavy atom. The summed E-state index contributed by atoms with van der Waals surface area (Å²) in [5.74, 6) is -1.19. The molecule has 0 aromatic heterocycles. The lowest BCUT2D eigenvalue weighted by Crippen LogP contribution is -2.57. The molecule has 1 aliphatic heterocycles. The molecule has 1 heterocycles. The Labute approximate surface area is 174 Å². The molecule has 1 N–H and O–H groups in total. The van der Waals surface area contributed by atoms with Gasteiger partial charge in [0.15, 0.2) is 18.1 Å². The fourth-order valence-corrected chi connectivity index (χ4v) is 3.53. The fourth-order valence-electron chi connectivity index (χ4n) is 3.53. The summed E-state index contributed by atoms with van der Waals surface area (Å²) in [6.07, 6.45) is 4.78. The lowest BCUT2D eigenvalue weighted by atomic mass is 10.0. The van der Waals surface area contributed by atoms with Crippen molar-refractivity contribution >= 4 is 29.9 Å². The Morgan fingerprint density at radius 1 is 1.17 bits per heavy atom. The first kappa shape index (κ1) is 21.4. The van der Waals surface area contributed by atoms with Crippen molar-refractivity contribution in [3.63, 3.8) is 0 Å². The number of nitrogens with one attached hydrogen (secondary N) is 1. The predicted octanol–water partition coefficient (Wildman–Crippen LogP) is 2.04. The van der Waals surface area contributed by atoms with E-state index >= 15 is 0 Å². The zero-order valence-electron chi connectivity index (χ0n) is 16.9. The molecule has 1 saturated heterocycles. The van der Waals surface area contributed by atoms with E-state index in [9.17, 15) is 19.2 Å². The summed E-state index contributed by atoms with van der Waals surface area (Å²) >= 11 is 0. The van der Waals surface area contributed by atoms with Gasteiger partial charge in [0.1, 0.15) is 5.57 Å². The van der Waals surface area contributed by atoms with Crippen LogP contribution in [0.15, 0.2) is 23.8 Å². The van der Waals surface area contributed by atoms with Gasteiger partial charge in [-0.05, 0) is 43.5 Å². The normalized spacial score (nSPS) is 18.5. The number of methoxy groups -OCH3 is 1. The zero-order valence-corrected chi connectivity index (χ0v) is 16.9. The zero-order chi connectivity index (χ0) is 21.7. The molecule has 30 heavy (non-hydrogen) atoms. The standard InChI is InChI=1S/C21H24N2O7/c1-3-29-17-11-13(8-9-16(17)30-12-18(24)28-2)10-15-19(25)22-21(27)23(20(15)26)14-6-4-5-7-14/h8-11,14H,3-7,12H2,1-2H3,(H,22,25,27)/b15-10+. The van der Waals surface area contributed by atoms with E-state index in [4.69, 9.17) is 9.47 Å². The molecule has 9 heteroatoms. The molecule has 0 unspecified atom stereocenters. The monoisotopic (exact) mass is 416 g/mol. The van der Waals surface area contributed by atoms with Crippen LogP contribution in [0.3, 0.4) is 0 Å². The van der Waals surface area contributed by atoms with Gasteiger partial charge in [-0.2, -0.15) is 0 Å². The van der Waals surface area contributed by atoms with E-state index in [1.807, 2.05) is 0 Å². The van der Waals surface area contributed by atoms with Crippen LogP contribution in [0.4, 0.5) is 4.79 Å². The predicted molar refractivity (Wildman–Crippen MR) is 106 cm³/mol. The third-order valence-corrected chi connectivity index (χ3v) is 4.97. The van der Waals surface area contributed by atoms with E-state index in [-0.39, 0.29) is 18.2 Å². The molecule has 9 nitrogen and oxygen atoms in total. The smallest absolute Gasteiger partial charge is 0.343 e. The van der Waals surface area contributed by atoms with Gasteiger partial charge in [-0.3, -0.25) is 19.8 Å². The lowest BCUT2D eigenvalue weighted by molar-refractivity contribution is -0.143. The number of ether oxygens (including phenoxy) is 3. The van der Waals surface area contributed by atoms with Gasteiger partial charge in [-0.15, -0.1) is 0 Å². The number of nitrogens with zero attached hydrogens (tertiary/aromatic N) is 1. The third kappa shape index (κ3) is 4.61. The van der Waals surface area contributed by atoms with Crippen LogP contribution in [-0.2, 0) is 19.1 Å². The van der Waals surface area contributed by atoms with Crippen LogP contribution in [0.2, 0.25) is 0 Å². The quantitative estimate of drug-likeness (QED) is 0.411. The van der Waals surface area contributed by atoms with Gasteiger partial charge in [-0.1, -0.05) is 18.9 Å². The van der Waals surface area contributed by atoms with Gasteiger partial charge in [0.25, 0.3) is 11.8 Å². The molecule has 160 valence electrons. The van der Waals surface area contributed by atoms with Crippen molar-refractivity contribution in [3.8, 4) is 11.5 Å². The minimum Gasteiger partial charge on any atom is -0.490 e. The van der Waals surface area contributed by atoms with Crippen LogP contribution in [0, 0.1) is 0 Å². The fraction of sp³-hybridized carbons (Fsp3) is 0.429. The molecule has 1 saturated carbocycles. The average molecular weight is 416 g/mol. The van der Waals surface area contributed by atoms with Crippen molar-refractivity contribution in [1.82, 2.24) is 10.2 Å². The molecular formula is C21H24N2O7. The van der Waals surface area contributed by atoms with Crippen molar-refractivity contribution < 1.29 is 33.4 Å². The van der Waals surface area contributed by atoms with E-state index in [0.29, 0.717) is 23.7 Å². The van der Waals surface area contributed by atoms with Gasteiger partial charge in [0.2, 0.25) is 0 Å². The first-order chi connectivity index (χ1) is 14.4. The van der Waals surface area contributed by atoms with E-state index in [1.54, 1.807) is 25.1 Å². The average Bonchev–Trinajstić information content (AvgIpc) is 3.24. The maximum absolute atomic E-state index is 12.9. The molecule has 0 atom stereocenters. The van der Waals surface area contributed by atoms with Crippen LogP contribution in [0.5, 0.6) is 11.5 Å². The first-order valence-corrected chi connectivity index (χ1v) is 9.81. The number of carbonyl (C=O) groups is 4. The van der Waals surface area contributed by atoms with Crippen molar-refractivity contribution in [2.24, 2.45) is 0 Å². The Balaban J connectivity index is 1.87. The highest BCUT2D eigenvalue weighted by Gasteiger charge is 2.40. The maximum atomic E-state index is 12.9. The van der Waals surface area contributed by atoms with Crippen LogP contribution >= 0.6 is 0 Å². The summed E-state index contributed by atoms with van der Waals surface area (Å²) in [5.41, 5.74) is 0.398. The summed E-state index contributed by atoms with van der Waals surface area (Å²) in [6.45, 7) is 1.85. The number of imide groups is 2. The molecule has 0 radical (unpaired) electrons. The SMILES string of the molecule is CCOc1cc(/C=C2\C(=O)NC(=O)N(C3CCCC3)C2=O)ccc1OCC(=O)OC. The van der Waals surface area contributed by atoms with Gasteiger partial charge in [-0.25, -0.2) is 9.59 Å². The van der Waals surface area contributed by atoms with Gasteiger partial charge in [0, 0.05) is 6.04 Å². The largest absolute Gasteiger partial charge is 0.490 e. The van der Waals surface area contributed by atoms with Crippen molar-refractivity contribution in [3.05, 3.63) is 29.3 Å². The third-order valence-electron chi connectivity index (χ3n) is 4.97. The second-order valence-corrected chi connectivity index (χ2v) is 6.93. The Morgan fingerprint density at radius 3 is 2.57 bits per heavy atom. The highest BCUT2D eigenvalue weighted by Crippen LogP contribution is 2.31. The summed E-state index contributed by atoms with van der Waals surface area (Å²) in [5, 5.41) is 2.25. The van der Waals surface area contributed by atoms with Crippen LogP contribution in [0.1, 0.15) is 38.2 Å². The van der Waals surface area contributed by atoms with Gasteiger partial charge in [0.05, 0.1) is 13.7 Å². The second kappa shape index (κ2) is 9.43. The number of esters is 1. The van der Waals surface area contributed by atoms with Crippen molar-refractivity contribution in [2.45, 2.75) is 38.6 Å². The molecule has 1 aromatic carbocycles. The van der Waals surface area contributed by atoms with E-state index in [0.717, 1.165) is 30.6 Å². The minimum atomic E-state index is -0.733. The second-order valence-electron chi connectivity index (χ2n) is 6.93. The number of amides is 4. The van der Waals surface area contributed by atoms with Crippen molar-refractivity contribution in [1.29, 1.82) is 0 Å². The molecule has 2 aliphatic rings. The maximum Gasteiger partial charge on any atom is 0.343 e. The van der Waals surface area contributed by atoms with E-state index in [1.165, 1.54) is 13.2 Å². The summed E-state index contributed by atoms with van der Waals surface area (Å²) < 4.78 is 15.5. The van der Waals surface area contributed by atoms with Crippen LogP contribution in [0.25, 0.3) is 6.08 Å². The summed E-state index contributed by atoms with van der Waals surface area (Å²) in [4.78, 5) is 49.9. The van der Waals surface area contributed by atoms with Gasteiger partial charge >= 0.3 is 12.0 Å². The van der Waals surface area contributed by atoms with E-state index < -0.39 is 23.8 Å². The Kier molecular flexibility index (Phi) is 6.71. The highest BCUT2D eigenvalue weighted by molar-refractivity contribution is 6.31. The molecule has 0 spiro atoms. The number of rotatable bonds is 7. The van der Waals surface area contributed by atoms with Gasteiger partial charge < -0.3 is 14.2 Å². The Hall–Kier alpha value is -3.36. The molecule has 1 aliphatic carbocycles. The molecule has 3 rings (SSSR count). The molecule has 1 aromatic rings. The molecular weight excluding hydrogens is 392 g/mol. The summed E-state index contributed by atoms with van der Waals surface area (Å²) in [7, 11) is 1.26.